The second-order valence-electron chi connectivity index (χ2n) is 21.5. The summed E-state index contributed by atoms with van der Waals surface area (Å²) in [4.78, 5) is 4.74. The molecule has 0 aliphatic rings. The van der Waals surface area contributed by atoms with Gasteiger partial charge >= 0.3 is 0 Å². The molecule has 6 heteroatoms. The SMILES string of the molecule is [2H]C([2H])([2H])c1ccc(N(c2cccc3c2sc2ccccc23)c2ccc3c4c5ccc6c7ccc(N(c8ccc(C)cc8)c8cccc9c8sc8ccccc89)cc7oc6c5ccc4n4c5ccc(C(C)(C)C)cc5c2c34)cc1. The summed E-state index contributed by atoms with van der Waals surface area (Å²) >= 11 is 3.64. The van der Waals surface area contributed by atoms with Crippen molar-refractivity contribution in [1.82, 2.24) is 4.40 Å². The second-order valence-corrected chi connectivity index (χ2v) is 23.6. The standard InChI is InChI=1S/C70H49N3OS2/c1-40-20-25-43(26-21-40)71(59-16-10-14-52-47-12-6-8-18-62(47)75-68(52)59)45-29-30-46-50-32-31-49-51(67(50)74-61(46)39-45)33-36-57-64(49)54-34-37-58(65-55-38-42(70(3,4)5)24-35-56(55)73(57)66(54)65)72(44-27-22-41(2)23-28-44)60-17-11-15-53-48-13-7-9-19-63(48)76-69(53)60/h6-39H,1-5H3/i2D3. The average Bonchev–Trinajstić information content (AvgIpc) is 3.76. The molecule has 76 heavy (non-hydrogen) atoms. The highest BCUT2D eigenvalue weighted by Crippen LogP contribution is 2.53. The van der Waals surface area contributed by atoms with Crippen molar-refractivity contribution in [2.24, 2.45) is 0 Å². The molecule has 0 amide bonds. The number of nitrogens with zero attached hydrogens (tertiary/aromatic N) is 3. The summed E-state index contributed by atoms with van der Waals surface area (Å²) in [6, 6.07) is 74.2. The summed E-state index contributed by atoms with van der Waals surface area (Å²) in [5, 5.41) is 13.9. The Labute approximate surface area is 451 Å². The predicted molar refractivity (Wildman–Crippen MR) is 329 cm³/mol. The van der Waals surface area contributed by atoms with E-state index >= 15 is 0 Å². The van der Waals surface area contributed by atoms with E-state index in [1.807, 2.05) is 23.5 Å². The van der Waals surface area contributed by atoms with Crippen molar-refractivity contribution in [2.75, 3.05) is 9.80 Å². The van der Waals surface area contributed by atoms with Gasteiger partial charge in [0.1, 0.15) is 11.2 Å². The Morgan fingerprint density at radius 2 is 1.00 bits per heavy atom. The minimum absolute atomic E-state index is 0.100. The molecule has 5 aromatic heterocycles. The van der Waals surface area contributed by atoms with Crippen molar-refractivity contribution >= 4 is 168 Å². The van der Waals surface area contributed by atoms with E-state index in [4.69, 9.17) is 8.53 Å². The van der Waals surface area contributed by atoms with E-state index in [1.165, 1.54) is 62.2 Å². The molecule has 362 valence electrons. The lowest BCUT2D eigenvalue weighted by Crippen LogP contribution is -2.11. The fourth-order valence-electron chi connectivity index (χ4n) is 12.4. The zero-order valence-corrected chi connectivity index (χ0v) is 43.8. The maximum absolute atomic E-state index is 8.28. The molecule has 0 radical (unpaired) electrons. The van der Waals surface area contributed by atoms with E-state index in [-0.39, 0.29) is 5.41 Å². The number of aryl methyl sites for hydroxylation is 2. The molecule has 0 aliphatic carbocycles. The van der Waals surface area contributed by atoms with Gasteiger partial charge in [-0.25, -0.2) is 0 Å². The molecule has 0 spiro atoms. The summed E-state index contributed by atoms with van der Waals surface area (Å²) in [6.45, 7) is 6.74. The molecule has 11 aromatic carbocycles. The quantitative estimate of drug-likeness (QED) is 0.166. The maximum Gasteiger partial charge on any atom is 0.143 e. The van der Waals surface area contributed by atoms with Crippen LogP contribution in [0.15, 0.2) is 211 Å². The van der Waals surface area contributed by atoms with E-state index in [2.05, 4.69) is 224 Å². The number of thiophene rings is 2. The number of benzene rings is 11. The molecule has 0 bridgehead atoms. The second kappa shape index (κ2) is 15.9. The van der Waals surface area contributed by atoms with Gasteiger partial charge in [-0.3, -0.25) is 0 Å². The van der Waals surface area contributed by atoms with E-state index in [1.54, 1.807) is 23.5 Å². The molecule has 0 saturated heterocycles. The summed E-state index contributed by atoms with van der Waals surface area (Å²) in [7, 11) is 0. The van der Waals surface area contributed by atoms with Gasteiger partial charge in [-0.15, -0.1) is 22.7 Å². The fraction of sp³-hybridized carbons (Fsp3) is 0.0857. The van der Waals surface area contributed by atoms with Gasteiger partial charge in [0.25, 0.3) is 0 Å². The Morgan fingerprint density at radius 1 is 0.434 bits per heavy atom. The van der Waals surface area contributed by atoms with Crippen LogP contribution in [0, 0.1) is 13.8 Å². The van der Waals surface area contributed by atoms with Crippen LogP contribution >= 0.6 is 22.7 Å². The molecule has 0 aliphatic heterocycles. The molecule has 4 nitrogen and oxygen atoms in total. The number of fused-ring (bicyclic) bond motifs is 18. The van der Waals surface area contributed by atoms with Crippen LogP contribution in [-0.2, 0) is 5.41 Å². The molecule has 0 N–H and O–H groups in total. The number of rotatable bonds is 6. The first kappa shape index (κ1) is 40.7. The van der Waals surface area contributed by atoms with Crippen LogP contribution < -0.4 is 9.80 Å². The molecule has 0 fully saturated rings. The minimum Gasteiger partial charge on any atom is -0.455 e. The van der Waals surface area contributed by atoms with E-state index in [0.29, 0.717) is 5.56 Å². The van der Waals surface area contributed by atoms with Gasteiger partial charge in [-0.1, -0.05) is 135 Å². The van der Waals surface area contributed by atoms with Crippen LogP contribution in [0.25, 0.3) is 111 Å². The molecule has 16 rings (SSSR count). The van der Waals surface area contributed by atoms with Crippen molar-refractivity contribution in [2.45, 2.75) is 40.0 Å². The molecule has 16 aromatic rings. The molecular formula is C70H49N3OS2. The molecule has 0 unspecified atom stereocenters. The molecular weight excluding hydrogens is 963 g/mol. The molecule has 0 saturated carbocycles. The number of hydrogen-bond acceptors (Lipinski definition) is 5. The highest BCUT2D eigenvalue weighted by atomic mass is 32.1. The lowest BCUT2D eigenvalue weighted by atomic mass is 9.86. The van der Waals surface area contributed by atoms with Gasteiger partial charge in [0.2, 0.25) is 0 Å². The Hall–Kier alpha value is -8.68. The monoisotopic (exact) mass is 1010 g/mol. The third-order valence-electron chi connectivity index (χ3n) is 16.0. The lowest BCUT2D eigenvalue weighted by molar-refractivity contribution is 0.591. The van der Waals surface area contributed by atoms with Gasteiger partial charge in [-0.2, -0.15) is 0 Å². The first-order valence-electron chi connectivity index (χ1n) is 27.5. The summed E-state index contributed by atoms with van der Waals surface area (Å²) < 4.78 is 39.4. The van der Waals surface area contributed by atoms with Crippen molar-refractivity contribution in [3.05, 3.63) is 223 Å². The van der Waals surface area contributed by atoms with Gasteiger partial charge < -0.3 is 18.6 Å². The smallest absolute Gasteiger partial charge is 0.143 e. The van der Waals surface area contributed by atoms with Crippen molar-refractivity contribution < 1.29 is 8.53 Å². The van der Waals surface area contributed by atoms with E-state index < -0.39 is 6.85 Å². The van der Waals surface area contributed by atoms with Gasteiger partial charge in [0.15, 0.2) is 0 Å². The highest BCUT2D eigenvalue weighted by Gasteiger charge is 2.28. The lowest BCUT2D eigenvalue weighted by Gasteiger charge is -2.27. The first-order chi connectivity index (χ1) is 38.4. The first-order valence-corrected chi connectivity index (χ1v) is 27.6. The van der Waals surface area contributed by atoms with Gasteiger partial charge in [-0.05, 0) is 127 Å². The minimum atomic E-state index is -2.23. The van der Waals surface area contributed by atoms with Crippen molar-refractivity contribution in [3.8, 4) is 0 Å². The predicted octanol–water partition coefficient (Wildman–Crippen LogP) is 21.5. The van der Waals surface area contributed by atoms with E-state index in [9.17, 15) is 0 Å². The van der Waals surface area contributed by atoms with Gasteiger partial charge in [0, 0.05) is 95.9 Å². The number of hydrogen-bond donors (Lipinski definition) is 0. The summed E-state index contributed by atoms with van der Waals surface area (Å²) in [5.41, 5.74) is 14.0. The average molecular weight is 1020 g/mol. The summed E-state index contributed by atoms with van der Waals surface area (Å²) in [5.74, 6) is 0. The zero-order valence-electron chi connectivity index (χ0n) is 45.2. The largest absolute Gasteiger partial charge is 0.455 e. The third-order valence-corrected chi connectivity index (χ3v) is 18.4. The van der Waals surface area contributed by atoms with Crippen molar-refractivity contribution in [3.63, 3.8) is 0 Å². The van der Waals surface area contributed by atoms with Crippen LogP contribution in [-0.4, -0.2) is 4.40 Å². The highest BCUT2D eigenvalue weighted by molar-refractivity contribution is 7.26. The third kappa shape index (κ3) is 6.23. The zero-order chi connectivity index (χ0) is 53.2. The Bertz CT molecular complexity index is 5190. The fourth-order valence-corrected chi connectivity index (χ4v) is 14.8. The molecule has 0 atom stereocenters. The van der Waals surface area contributed by atoms with Crippen LogP contribution in [0.3, 0.4) is 0 Å². The van der Waals surface area contributed by atoms with Crippen LogP contribution in [0.2, 0.25) is 0 Å². The van der Waals surface area contributed by atoms with Crippen LogP contribution in [0.4, 0.5) is 34.1 Å². The number of aromatic nitrogens is 1. The number of anilines is 6. The van der Waals surface area contributed by atoms with Gasteiger partial charge in [0.05, 0.1) is 43.0 Å². The summed E-state index contributed by atoms with van der Waals surface area (Å²) in [6.07, 6.45) is 0. The number of furan rings is 1. The van der Waals surface area contributed by atoms with Crippen LogP contribution in [0.1, 0.15) is 41.6 Å². The Kier molecular flexibility index (Phi) is 8.52. The normalized spacial score (nSPS) is 13.3. The topological polar surface area (TPSA) is 24.0 Å². The van der Waals surface area contributed by atoms with E-state index in [0.717, 1.165) is 94.2 Å². The van der Waals surface area contributed by atoms with Crippen LogP contribution in [0.5, 0.6) is 0 Å². The maximum atomic E-state index is 8.28. The Morgan fingerprint density at radius 3 is 1.70 bits per heavy atom. The Balaban J connectivity index is 0.930. The van der Waals surface area contributed by atoms with Crippen molar-refractivity contribution in [1.29, 1.82) is 0 Å². The molecule has 5 heterocycles.